The average Bonchev–Trinajstić information content (AvgIpc) is 2.95. The summed E-state index contributed by atoms with van der Waals surface area (Å²) in [5.74, 6) is -0.0442. The van der Waals surface area contributed by atoms with Gasteiger partial charge in [0, 0.05) is 12.1 Å². The zero-order valence-electron chi connectivity index (χ0n) is 13.9. The predicted molar refractivity (Wildman–Crippen MR) is 89.8 cm³/mol. The molecule has 0 aliphatic heterocycles. The number of carbonyl (C=O) groups is 1. The summed E-state index contributed by atoms with van der Waals surface area (Å²) in [4.78, 5) is 13.0. The van der Waals surface area contributed by atoms with E-state index >= 15 is 0 Å². The largest absolute Gasteiger partial charge is 0.353 e. The maximum absolute atomic E-state index is 12.0. The molecule has 0 bridgehead atoms. The van der Waals surface area contributed by atoms with E-state index in [4.69, 9.17) is 0 Å². The predicted octanol–water partition coefficient (Wildman–Crippen LogP) is 0.670. The molecule has 2 rings (SSSR count). The molecule has 9 heteroatoms. The van der Waals surface area contributed by atoms with Crippen LogP contribution in [0.3, 0.4) is 0 Å². The molecular formula is C15H21N5O3S. The van der Waals surface area contributed by atoms with E-state index in [-0.39, 0.29) is 24.7 Å². The van der Waals surface area contributed by atoms with Crippen LogP contribution >= 0.6 is 0 Å². The highest BCUT2D eigenvalue weighted by atomic mass is 32.2. The number of carbonyl (C=O) groups excluding carboxylic acids is 1. The Labute approximate surface area is 141 Å². The zero-order valence-corrected chi connectivity index (χ0v) is 14.7. The average molecular weight is 351 g/mol. The summed E-state index contributed by atoms with van der Waals surface area (Å²) in [6.07, 6.45) is 0. The summed E-state index contributed by atoms with van der Waals surface area (Å²) in [5, 5.41) is 14.4. The van der Waals surface area contributed by atoms with Gasteiger partial charge in [0.1, 0.15) is 6.54 Å². The van der Waals surface area contributed by atoms with Crippen molar-refractivity contribution >= 4 is 15.7 Å². The third kappa shape index (κ3) is 4.60. The molecule has 1 amide bonds. The van der Waals surface area contributed by atoms with Crippen LogP contribution in [-0.4, -0.2) is 51.6 Å². The summed E-state index contributed by atoms with van der Waals surface area (Å²) in [6.45, 7) is 4.84. The Bertz CT molecular complexity index is 794. The van der Waals surface area contributed by atoms with E-state index < -0.39 is 14.6 Å². The molecule has 0 saturated heterocycles. The van der Waals surface area contributed by atoms with Gasteiger partial charge in [-0.2, -0.15) is 4.80 Å². The Morgan fingerprint density at radius 1 is 1.21 bits per heavy atom. The number of sulfone groups is 1. The van der Waals surface area contributed by atoms with Gasteiger partial charge in [0.05, 0.1) is 10.5 Å². The summed E-state index contributed by atoms with van der Waals surface area (Å²) in [5.41, 5.74) is 0.806. The standard InChI is InChI=1S/C15H21N5O3S/c1-15(2,3)24(22,23)10-9-16-13(21)11-20-18-14(17-19-20)12-7-5-4-6-8-12/h4-8H,9-11H2,1-3H3,(H,16,21). The Morgan fingerprint density at radius 3 is 2.50 bits per heavy atom. The first-order valence-corrected chi connectivity index (χ1v) is 9.16. The van der Waals surface area contributed by atoms with Gasteiger partial charge in [0.15, 0.2) is 9.84 Å². The fraction of sp³-hybridized carbons (Fsp3) is 0.467. The van der Waals surface area contributed by atoms with Crippen LogP contribution in [0.2, 0.25) is 0 Å². The van der Waals surface area contributed by atoms with Gasteiger partial charge in [0.25, 0.3) is 0 Å². The smallest absolute Gasteiger partial charge is 0.243 e. The Hall–Kier alpha value is -2.29. The molecule has 0 unspecified atom stereocenters. The molecule has 0 radical (unpaired) electrons. The van der Waals surface area contributed by atoms with Crippen molar-refractivity contribution in [2.45, 2.75) is 32.1 Å². The molecule has 0 aliphatic carbocycles. The maximum Gasteiger partial charge on any atom is 0.243 e. The molecule has 130 valence electrons. The number of hydrogen-bond donors (Lipinski definition) is 1. The molecule has 24 heavy (non-hydrogen) atoms. The van der Waals surface area contributed by atoms with E-state index in [1.807, 2.05) is 30.3 Å². The van der Waals surface area contributed by atoms with Crippen LogP contribution in [0, 0.1) is 0 Å². The van der Waals surface area contributed by atoms with Crippen molar-refractivity contribution in [3.05, 3.63) is 30.3 Å². The van der Waals surface area contributed by atoms with Crippen molar-refractivity contribution in [1.82, 2.24) is 25.5 Å². The zero-order chi connectivity index (χ0) is 17.8. The van der Waals surface area contributed by atoms with Gasteiger partial charge in [-0.25, -0.2) is 8.42 Å². The Kier molecular flexibility index (Phi) is 5.33. The first-order chi connectivity index (χ1) is 11.2. The lowest BCUT2D eigenvalue weighted by Crippen LogP contribution is -2.37. The molecule has 0 atom stereocenters. The number of rotatable bonds is 6. The Balaban J connectivity index is 1.87. The molecule has 0 spiro atoms. The number of hydrogen-bond acceptors (Lipinski definition) is 6. The highest BCUT2D eigenvalue weighted by Crippen LogP contribution is 2.15. The minimum atomic E-state index is -3.26. The number of benzene rings is 1. The topological polar surface area (TPSA) is 107 Å². The van der Waals surface area contributed by atoms with Crippen LogP contribution < -0.4 is 5.32 Å². The van der Waals surface area contributed by atoms with Gasteiger partial charge in [-0.15, -0.1) is 10.2 Å². The summed E-state index contributed by atoms with van der Waals surface area (Å²) in [7, 11) is -3.26. The van der Waals surface area contributed by atoms with Gasteiger partial charge in [-0.3, -0.25) is 4.79 Å². The molecule has 1 aromatic carbocycles. The summed E-state index contributed by atoms with van der Waals surface area (Å²) < 4.78 is 23.1. The fourth-order valence-electron chi connectivity index (χ4n) is 1.83. The number of nitrogens with zero attached hydrogens (tertiary/aromatic N) is 4. The lowest BCUT2D eigenvalue weighted by molar-refractivity contribution is -0.121. The fourth-order valence-corrected chi connectivity index (χ4v) is 2.81. The summed E-state index contributed by atoms with van der Waals surface area (Å²) in [6, 6.07) is 9.29. The molecular weight excluding hydrogens is 330 g/mol. The van der Waals surface area contributed by atoms with Crippen LogP contribution in [0.4, 0.5) is 0 Å². The minimum Gasteiger partial charge on any atom is -0.353 e. The highest BCUT2D eigenvalue weighted by molar-refractivity contribution is 7.92. The van der Waals surface area contributed by atoms with E-state index in [2.05, 4.69) is 20.7 Å². The van der Waals surface area contributed by atoms with E-state index in [0.29, 0.717) is 5.82 Å². The molecule has 2 aromatic rings. The third-order valence-electron chi connectivity index (χ3n) is 3.40. The normalized spacial score (nSPS) is 12.1. The molecule has 1 N–H and O–H groups in total. The van der Waals surface area contributed by atoms with Gasteiger partial charge >= 0.3 is 0 Å². The summed E-state index contributed by atoms with van der Waals surface area (Å²) >= 11 is 0. The van der Waals surface area contributed by atoms with Crippen LogP contribution in [0.1, 0.15) is 20.8 Å². The molecule has 8 nitrogen and oxygen atoms in total. The van der Waals surface area contributed by atoms with E-state index in [1.165, 1.54) is 4.80 Å². The monoisotopic (exact) mass is 351 g/mol. The second-order valence-corrected chi connectivity index (χ2v) is 9.15. The molecule has 0 saturated carbocycles. The van der Waals surface area contributed by atoms with E-state index in [1.54, 1.807) is 20.8 Å². The van der Waals surface area contributed by atoms with Gasteiger partial charge in [0.2, 0.25) is 11.7 Å². The first-order valence-electron chi connectivity index (χ1n) is 7.51. The minimum absolute atomic E-state index is 0.0542. The quantitative estimate of drug-likeness (QED) is 0.820. The molecule has 1 aromatic heterocycles. The maximum atomic E-state index is 12.0. The van der Waals surface area contributed by atoms with Crippen LogP contribution in [0.25, 0.3) is 11.4 Å². The van der Waals surface area contributed by atoms with Crippen molar-refractivity contribution in [2.24, 2.45) is 0 Å². The third-order valence-corrected chi connectivity index (χ3v) is 6.00. The van der Waals surface area contributed by atoms with Gasteiger partial charge in [-0.05, 0) is 26.0 Å². The van der Waals surface area contributed by atoms with Crippen LogP contribution in [0.15, 0.2) is 30.3 Å². The lowest BCUT2D eigenvalue weighted by atomic mass is 10.2. The van der Waals surface area contributed by atoms with Crippen molar-refractivity contribution in [2.75, 3.05) is 12.3 Å². The second kappa shape index (κ2) is 7.08. The number of nitrogens with one attached hydrogen (secondary N) is 1. The SMILES string of the molecule is CC(C)(C)S(=O)(=O)CCNC(=O)Cn1nnc(-c2ccccc2)n1. The van der Waals surface area contributed by atoms with E-state index in [0.717, 1.165) is 5.56 Å². The Morgan fingerprint density at radius 2 is 1.88 bits per heavy atom. The van der Waals surface area contributed by atoms with Crippen molar-refractivity contribution in [3.8, 4) is 11.4 Å². The van der Waals surface area contributed by atoms with Gasteiger partial charge in [-0.1, -0.05) is 30.3 Å². The molecule has 0 aliphatic rings. The van der Waals surface area contributed by atoms with Crippen LogP contribution in [-0.2, 0) is 21.2 Å². The van der Waals surface area contributed by atoms with Crippen LogP contribution in [0.5, 0.6) is 0 Å². The number of amides is 1. The van der Waals surface area contributed by atoms with Gasteiger partial charge < -0.3 is 5.32 Å². The van der Waals surface area contributed by atoms with Crippen molar-refractivity contribution in [3.63, 3.8) is 0 Å². The van der Waals surface area contributed by atoms with Crippen molar-refractivity contribution < 1.29 is 13.2 Å². The molecule has 1 heterocycles. The number of tetrazole rings is 1. The number of aromatic nitrogens is 4. The molecule has 0 fully saturated rings. The van der Waals surface area contributed by atoms with Crippen molar-refractivity contribution in [1.29, 1.82) is 0 Å². The first kappa shape index (κ1) is 18.1. The van der Waals surface area contributed by atoms with E-state index in [9.17, 15) is 13.2 Å². The second-order valence-electron chi connectivity index (χ2n) is 6.29. The highest BCUT2D eigenvalue weighted by Gasteiger charge is 2.28. The lowest BCUT2D eigenvalue weighted by Gasteiger charge is -2.19.